The molecule has 0 aliphatic heterocycles. The third-order valence-corrected chi connectivity index (χ3v) is 9.88. The molecule has 1 N–H and O–H groups in total. The van der Waals surface area contributed by atoms with Gasteiger partial charge in [0.15, 0.2) is 0 Å². The van der Waals surface area contributed by atoms with Crippen molar-refractivity contribution in [3.63, 3.8) is 0 Å². The minimum atomic E-state index is -4.18. The number of carbonyl (C=O) groups is 2. The van der Waals surface area contributed by atoms with Gasteiger partial charge in [0.2, 0.25) is 11.8 Å². The van der Waals surface area contributed by atoms with Gasteiger partial charge in [0, 0.05) is 19.5 Å². The molecule has 2 amide bonds. The van der Waals surface area contributed by atoms with Crippen molar-refractivity contribution in [3.05, 3.63) is 125 Å². The summed E-state index contributed by atoms with van der Waals surface area (Å²) in [6.45, 7) is 7.67. The highest BCUT2D eigenvalue weighted by Gasteiger charge is 2.35. The van der Waals surface area contributed by atoms with Crippen LogP contribution < -0.4 is 14.4 Å². The molecule has 0 radical (unpaired) electrons. The number of hydrogen-bond acceptors (Lipinski definition) is 5. The van der Waals surface area contributed by atoms with E-state index in [1.165, 1.54) is 9.21 Å². The third kappa shape index (κ3) is 9.23. The number of hydrogen-bond donors (Lipinski definition) is 1. The average molecular weight is 656 g/mol. The molecule has 0 aliphatic rings. The van der Waals surface area contributed by atoms with Crippen molar-refractivity contribution in [2.45, 2.75) is 64.4 Å². The standard InChI is InChI=1S/C38H45N3O5S/c1-6-7-22-39-38(43)36(25-31-12-9-8-10-13-31)40(26-32-14-11-15-33(24-32)46-5)37(42)27-41(35-23-29(3)16-19-30(35)4)47(44,45)34-20-17-28(2)18-21-34/h8-21,23-24,36H,6-7,22,25-27H2,1-5H3,(H,39,43). The second-order valence-corrected chi connectivity index (χ2v) is 13.7. The molecule has 0 fully saturated rings. The van der Waals surface area contributed by atoms with Gasteiger partial charge < -0.3 is 15.0 Å². The monoisotopic (exact) mass is 655 g/mol. The number of rotatable bonds is 15. The number of amides is 2. The first-order valence-corrected chi connectivity index (χ1v) is 17.4. The first-order valence-electron chi connectivity index (χ1n) is 15.9. The fourth-order valence-electron chi connectivity index (χ4n) is 5.37. The first-order chi connectivity index (χ1) is 22.5. The number of ether oxygens (including phenoxy) is 1. The highest BCUT2D eigenvalue weighted by atomic mass is 32.2. The minimum absolute atomic E-state index is 0.0694. The number of unbranched alkanes of at least 4 members (excludes halogenated alkanes) is 1. The van der Waals surface area contributed by atoms with E-state index in [2.05, 4.69) is 5.32 Å². The maximum atomic E-state index is 14.7. The van der Waals surface area contributed by atoms with Crippen LogP contribution >= 0.6 is 0 Å². The quantitative estimate of drug-likeness (QED) is 0.150. The van der Waals surface area contributed by atoms with Crippen molar-refractivity contribution in [1.29, 1.82) is 0 Å². The number of nitrogens with one attached hydrogen (secondary N) is 1. The Hall–Kier alpha value is -4.63. The zero-order chi connectivity index (χ0) is 34.0. The zero-order valence-electron chi connectivity index (χ0n) is 27.9. The molecule has 4 rings (SSSR count). The number of nitrogens with zero attached hydrogens (tertiary/aromatic N) is 2. The van der Waals surface area contributed by atoms with Crippen LogP contribution in [-0.4, -0.2) is 51.4 Å². The van der Waals surface area contributed by atoms with Gasteiger partial charge in [0.05, 0.1) is 17.7 Å². The molecular weight excluding hydrogens is 611 g/mol. The van der Waals surface area contributed by atoms with Gasteiger partial charge in [-0.1, -0.05) is 85.6 Å². The molecule has 0 heterocycles. The lowest BCUT2D eigenvalue weighted by Gasteiger charge is -2.34. The molecule has 0 saturated heterocycles. The van der Waals surface area contributed by atoms with Crippen LogP contribution in [0.4, 0.5) is 5.69 Å². The lowest BCUT2D eigenvalue weighted by Crippen LogP contribution is -2.53. The van der Waals surface area contributed by atoms with Crippen LogP contribution in [0.2, 0.25) is 0 Å². The first kappa shape index (κ1) is 35.2. The number of methoxy groups -OCH3 is 1. The van der Waals surface area contributed by atoms with E-state index in [1.807, 2.05) is 94.4 Å². The fourth-order valence-corrected chi connectivity index (χ4v) is 6.84. The Morgan fingerprint density at radius 3 is 2.19 bits per heavy atom. The normalized spacial score (nSPS) is 11.9. The van der Waals surface area contributed by atoms with Gasteiger partial charge in [-0.15, -0.1) is 0 Å². The van der Waals surface area contributed by atoms with Crippen molar-refractivity contribution in [3.8, 4) is 5.75 Å². The Kier molecular flexibility index (Phi) is 12.2. The van der Waals surface area contributed by atoms with E-state index >= 15 is 0 Å². The van der Waals surface area contributed by atoms with Crippen molar-refractivity contribution in [2.24, 2.45) is 0 Å². The largest absolute Gasteiger partial charge is 0.497 e. The predicted molar refractivity (Wildman–Crippen MR) is 187 cm³/mol. The lowest BCUT2D eigenvalue weighted by molar-refractivity contribution is -0.140. The topological polar surface area (TPSA) is 96.0 Å². The van der Waals surface area contributed by atoms with Crippen LogP contribution in [0, 0.1) is 20.8 Å². The maximum Gasteiger partial charge on any atom is 0.264 e. The van der Waals surface area contributed by atoms with Gasteiger partial charge in [-0.3, -0.25) is 13.9 Å². The Morgan fingerprint density at radius 1 is 0.830 bits per heavy atom. The molecule has 4 aromatic rings. The van der Waals surface area contributed by atoms with Crippen molar-refractivity contribution >= 4 is 27.5 Å². The van der Waals surface area contributed by atoms with Gasteiger partial charge in [-0.25, -0.2) is 8.42 Å². The van der Waals surface area contributed by atoms with Crippen LogP contribution in [0.15, 0.2) is 102 Å². The van der Waals surface area contributed by atoms with Crippen LogP contribution in [0.25, 0.3) is 0 Å². The van der Waals surface area contributed by atoms with Crippen molar-refractivity contribution in [2.75, 3.05) is 24.5 Å². The number of sulfonamides is 1. The number of anilines is 1. The van der Waals surface area contributed by atoms with E-state index in [4.69, 9.17) is 4.74 Å². The predicted octanol–water partition coefficient (Wildman–Crippen LogP) is 6.37. The summed E-state index contributed by atoms with van der Waals surface area (Å²) in [6, 6.07) is 28.1. The molecule has 4 aromatic carbocycles. The molecule has 248 valence electrons. The molecule has 1 atom stereocenters. The molecule has 1 unspecified atom stereocenters. The number of carbonyl (C=O) groups excluding carboxylic acids is 2. The Bertz CT molecular complexity index is 1760. The molecular formula is C38H45N3O5S. The summed E-state index contributed by atoms with van der Waals surface area (Å²) in [6.07, 6.45) is 1.95. The van der Waals surface area contributed by atoms with E-state index in [0.717, 1.165) is 35.1 Å². The summed E-state index contributed by atoms with van der Waals surface area (Å²) in [7, 11) is -2.61. The molecule has 0 saturated carbocycles. The van der Waals surface area contributed by atoms with Crippen molar-refractivity contribution < 1.29 is 22.7 Å². The van der Waals surface area contributed by atoms with E-state index in [9.17, 15) is 18.0 Å². The molecule has 0 spiro atoms. The minimum Gasteiger partial charge on any atom is -0.497 e. The molecule has 0 bridgehead atoms. The van der Waals surface area contributed by atoms with Gasteiger partial charge in [-0.2, -0.15) is 0 Å². The Balaban J connectivity index is 1.83. The number of benzene rings is 4. The summed E-state index contributed by atoms with van der Waals surface area (Å²) in [4.78, 5) is 30.2. The second-order valence-electron chi connectivity index (χ2n) is 11.8. The van der Waals surface area contributed by atoms with E-state index in [0.29, 0.717) is 23.5 Å². The highest BCUT2D eigenvalue weighted by Crippen LogP contribution is 2.29. The van der Waals surface area contributed by atoms with Gasteiger partial charge in [-0.05, 0) is 79.8 Å². The van der Waals surface area contributed by atoms with Crippen LogP contribution in [0.5, 0.6) is 5.75 Å². The maximum absolute atomic E-state index is 14.7. The van der Waals surface area contributed by atoms with E-state index < -0.39 is 28.5 Å². The second kappa shape index (κ2) is 16.3. The molecule has 0 aliphatic carbocycles. The lowest BCUT2D eigenvalue weighted by atomic mass is 10.0. The Morgan fingerprint density at radius 2 is 1.51 bits per heavy atom. The SMILES string of the molecule is CCCCNC(=O)C(Cc1ccccc1)N(Cc1cccc(OC)c1)C(=O)CN(c1cc(C)ccc1C)S(=O)(=O)c1ccc(C)cc1. The highest BCUT2D eigenvalue weighted by molar-refractivity contribution is 7.92. The van der Waals surface area contributed by atoms with Gasteiger partial charge in [0.1, 0.15) is 18.3 Å². The summed E-state index contributed by atoms with van der Waals surface area (Å²) >= 11 is 0. The summed E-state index contributed by atoms with van der Waals surface area (Å²) < 4.78 is 35.3. The van der Waals surface area contributed by atoms with Gasteiger partial charge >= 0.3 is 0 Å². The van der Waals surface area contributed by atoms with E-state index in [-0.39, 0.29) is 23.8 Å². The average Bonchev–Trinajstić information content (AvgIpc) is 3.07. The fraction of sp³-hybridized carbons (Fsp3) is 0.316. The number of aryl methyl sites for hydroxylation is 3. The van der Waals surface area contributed by atoms with Crippen LogP contribution in [-0.2, 0) is 32.6 Å². The Labute approximate surface area is 279 Å². The molecule has 8 nitrogen and oxygen atoms in total. The van der Waals surface area contributed by atoms with Crippen molar-refractivity contribution in [1.82, 2.24) is 10.2 Å². The van der Waals surface area contributed by atoms with Gasteiger partial charge in [0.25, 0.3) is 10.0 Å². The molecule has 47 heavy (non-hydrogen) atoms. The summed E-state index contributed by atoms with van der Waals surface area (Å²) in [5, 5.41) is 3.02. The third-order valence-electron chi connectivity index (χ3n) is 8.11. The molecule has 0 aromatic heterocycles. The smallest absolute Gasteiger partial charge is 0.264 e. The van der Waals surface area contributed by atoms with Crippen LogP contribution in [0.1, 0.15) is 47.6 Å². The zero-order valence-corrected chi connectivity index (χ0v) is 28.7. The van der Waals surface area contributed by atoms with E-state index in [1.54, 1.807) is 37.4 Å². The molecule has 9 heteroatoms. The summed E-state index contributed by atoms with van der Waals surface area (Å²) in [5.41, 5.74) is 4.51. The summed E-state index contributed by atoms with van der Waals surface area (Å²) in [5.74, 6) is -0.185. The van der Waals surface area contributed by atoms with Crippen LogP contribution in [0.3, 0.4) is 0 Å².